The largest absolute Gasteiger partial charge is 0.493 e. The van der Waals surface area contributed by atoms with Gasteiger partial charge in [0.2, 0.25) is 10.0 Å². The lowest BCUT2D eigenvalue weighted by molar-refractivity contribution is 0.189. The molecule has 1 aromatic carbocycles. The van der Waals surface area contributed by atoms with E-state index in [1.807, 2.05) is 0 Å². The lowest BCUT2D eigenvalue weighted by Crippen LogP contribution is -2.29. The average Bonchev–Trinajstić information content (AvgIpc) is 2.46. The van der Waals surface area contributed by atoms with E-state index in [9.17, 15) is 8.42 Å². The summed E-state index contributed by atoms with van der Waals surface area (Å²) in [5.41, 5.74) is 0.617. The van der Waals surface area contributed by atoms with E-state index in [-0.39, 0.29) is 4.90 Å². The molecule has 1 aromatic rings. The second-order valence-corrected chi connectivity index (χ2v) is 6.66. The zero-order valence-electron chi connectivity index (χ0n) is 13.2. The van der Waals surface area contributed by atoms with E-state index < -0.39 is 10.0 Å². The van der Waals surface area contributed by atoms with E-state index in [2.05, 4.69) is 0 Å². The van der Waals surface area contributed by atoms with Crippen LogP contribution in [0.3, 0.4) is 0 Å². The number of methoxy groups -OCH3 is 3. The fourth-order valence-corrected chi connectivity index (χ4v) is 3.39. The van der Waals surface area contributed by atoms with Gasteiger partial charge < -0.3 is 14.2 Å². The molecule has 7 heteroatoms. The van der Waals surface area contributed by atoms with E-state index in [0.717, 1.165) is 0 Å². The first-order chi connectivity index (χ1) is 9.88. The highest BCUT2D eigenvalue weighted by Crippen LogP contribution is 2.33. The molecule has 0 radical (unpaired) electrons. The number of sulfonamides is 1. The molecule has 0 amide bonds. The van der Waals surface area contributed by atoms with Crippen molar-refractivity contribution in [2.75, 3.05) is 41.5 Å². The van der Waals surface area contributed by atoms with Crippen LogP contribution in [-0.2, 0) is 14.8 Å². The standard InChI is InChI=1S/C14H23NO5S/c1-11-9-12(19-4)13(20-5)10-14(11)21(16,17)15(2)7-6-8-18-3/h9-10H,6-8H2,1-5H3. The van der Waals surface area contributed by atoms with Crippen LogP contribution in [0.15, 0.2) is 17.0 Å². The maximum Gasteiger partial charge on any atom is 0.243 e. The summed E-state index contributed by atoms with van der Waals surface area (Å²) < 4.78 is 41.8. The quantitative estimate of drug-likeness (QED) is 0.682. The summed E-state index contributed by atoms with van der Waals surface area (Å²) in [5.74, 6) is 0.906. The Morgan fingerprint density at radius 2 is 1.67 bits per heavy atom. The predicted octanol–water partition coefficient (Wildman–Crippen LogP) is 1.67. The zero-order chi connectivity index (χ0) is 16.0. The van der Waals surface area contributed by atoms with Crippen LogP contribution in [0.4, 0.5) is 0 Å². The minimum absolute atomic E-state index is 0.222. The monoisotopic (exact) mass is 317 g/mol. The second-order valence-electron chi connectivity index (χ2n) is 4.65. The lowest BCUT2D eigenvalue weighted by Gasteiger charge is -2.19. The maximum atomic E-state index is 12.6. The number of rotatable bonds is 8. The van der Waals surface area contributed by atoms with Crippen molar-refractivity contribution in [1.29, 1.82) is 0 Å². The molecule has 0 N–H and O–H groups in total. The molecule has 0 aliphatic carbocycles. The lowest BCUT2D eigenvalue weighted by atomic mass is 10.2. The number of nitrogens with zero attached hydrogens (tertiary/aromatic N) is 1. The summed E-state index contributed by atoms with van der Waals surface area (Å²) in [5, 5.41) is 0. The van der Waals surface area contributed by atoms with Crippen LogP contribution >= 0.6 is 0 Å². The Bertz CT molecular complexity index is 571. The van der Waals surface area contributed by atoms with Gasteiger partial charge in [0.15, 0.2) is 11.5 Å². The topological polar surface area (TPSA) is 65.1 Å². The van der Waals surface area contributed by atoms with Crippen molar-refractivity contribution in [1.82, 2.24) is 4.31 Å². The highest BCUT2D eigenvalue weighted by molar-refractivity contribution is 7.89. The highest BCUT2D eigenvalue weighted by Gasteiger charge is 2.24. The molecule has 120 valence electrons. The van der Waals surface area contributed by atoms with Crippen LogP contribution in [0.2, 0.25) is 0 Å². The van der Waals surface area contributed by atoms with Crippen LogP contribution in [0.5, 0.6) is 11.5 Å². The Labute approximate surface area is 126 Å². The Hall–Kier alpha value is -1.31. The molecule has 0 saturated carbocycles. The van der Waals surface area contributed by atoms with Crippen LogP contribution in [0.1, 0.15) is 12.0 Å². The van der Waals surface area contributed by atoms with Crippen molar-refractivity contribution in [2.45, 2.75) is 18.2 Å². The fraction of sp³-hybridized carbons (Fsp3) is 0.571. The van der Waals surface area contributed by atoms with E-state index in [1.165, 1.54) is 24.6 Å². The van der Waals surface area contributed by atoms with Crippen molar-refractivity contribution in [3.05, 3.63) is 17.7 Å². The maximum absolute atomic E-state index is 12.6. The zero-order valence-corrected chi connectivity index (χ0v) is 14.0. The third-order valence-corrected chi connectivity index (χ3v) is 5.19. The molecule has 0 aliphatic heterocycles. The van der Waals surface area contributed by atoms with Crippen molar-refractivity contribution in [2.24, 2.45) is 0 Å². The normalized spacial score (nSPS) is 11.7. The van der Waals surface area contributed by atoms with Crippen molar-refractivity contribution >= 4 is 10.0 Å². The van der Waals surface area contributed by atoms with Gasteiger partial charge in [-0.05, 0) is 25.0 Å². The van der Waals surface area contributed by atoms with Gasteiger partial charge >= 0.3 is 0 Å². The first kappa shape index (κ1) is 17.7. The minimum atomic E-state index is -3.57. The molecular weight excluding hydrogens is 294 g/mol. The molecule has 0 aromatic heterocycles. The molecule has 0 spiro atoms. The molecule has 1 rings (SSSR count). The smallest absolute Gasteiger partial charge is 0.243 e. The number of benzene rings is 1. The van der Waals surface area contributed by atoms with Crippen LogP contribution in [0.25, 0.3) is 0 Å². The Kier molecular flexibility index (Phi) is 6.44. The summed E-state index contributed by atoms with van der Waals surface area (Å²) in [4.78, 5) is 0.222. The van der Waals surface area contributed by atoms with Gasteiger partial charge in [0.1, 0.15) is 0 Å². The third-order valence-electron chi connectivity index (χ3n) is 3.19. The highest BCUT2D eigenvalue weighted by atomic mass is 32.2. The molecule has 0 atom stereocenters. The van der Waals surface area contributed by atoms with Gasteiger partial charge in [-0.25, -0.2) is 12.7 Å². The number of ether oxygens (including phenoxy) is 3. The van der Waals surface area contributed by atoms with Gasteiger partial charge in [-0.3, -0.25) is 0 Å². The number of aryl methyl sites for hydroxylation is 1. The average molecular weight is 317 g/mol. The molecule has 6 nitrogen and oxygen atoms in total. The van der Waals surface area contributed by atoms with E-state index in [0.29, 0.717) is 36.6 Å². The minimum Gasteiger partial charge on any atom is -0.493 e. The van der Waals surface area contributed by atoms with Gasteiger partial charge in [0.25, 0.3) is 0 Å². The third kappa shape index (κ3) is 4.09. The number of hydrogen-bond donors (Lipinski definition) is 0. The summed E-state index contributed by atoms with van der Waals surface area (Å²) in [6.45, 7) is 2.65. The first-order valence-electron chi connectivity index (χ1n) is 6.56. The molecule has 0 saturated heterocycles. The van der Waals surface area contributed by atoms with Crippen LogP contribution in [0, 0.1) is 6.92 Å². The molecule has 21 heavy (non-hydrogen) atoms. The number of hydrogen-bond acceptors (Lipinski definition) is 5. The van der Waals surface area contributed by atoms with Gasteiger partial charge in [-0.15, -0.1) is 0 Å². The summed E-state index contributed by atoms with van der Waals surface area (Å²) in [7, 11) is 2.58. The summed E-state index contributed by atoms with van der Waals surface area (Å²) in [6.07, 6.45) is 0.637. The summed E-state index contributed by atoms with van der Waals surface area (Å²) >= 11 is 0. The van der Waals surface area contributed by atoms with E-state index in [1.54, 1.807) is 27.1 Å². The molecule has 0 bridgehead atoms. The predicted molar refractivity (Wildman–Crippen MR) is 80.6 cm³/mol. The fourth-order valence-electron chi connectivity index (χ4n) is 1.96. The Balaban J connectivity index is 3.13. The Morgan fingerprint density at radius 1 is 1.10 bits per heavy atom. The van der Waals surface area contributed by atoms with Crippen molar-refractivity contribution in [3.63, 3.8) is 0 Å². The Morgan fingerprint density at radius 3 is 2.19 bits per heavy atom. The SMILES string of the molecule is COCCCN(C)S(=O)(=O)c1cc(OC)c(OC)cc1C. The van der Waals surface area contributed by atoms with E-state index in [4.69, 9.17) is 14.2 Å². The van der Waals surface area contributed by atoms with Gasteiger partial charge in [0.05, 0.1) is 19.1 Å². The molecule has 0 aliphatic rings. The van der Waals surface area contributed by atoms with Gasteiger partial charge in [-0.2, -0.15) is 0 Å². The van der Waals surface area contributed by atoms with Gasteiger partial charge in [-0.1, -0.05) is 0 Å². The van der Waals surface area contributed by atoms with Gasteiger partial charge in [0, 0.05) is 33.4 Å². The van der Waals surface area contributed by atoms with Crippen molar-refractivity contribution in [3.8, 4) is 11.5 Å². The van der Waals surface area contributed by atoms with Crippen LogP contribution < -0.4 is 9.47 Å². The molecule has 0 unspecified atom stereocenters. The van der Waals surface area contributed by atoms with Crippen LogP contribution in [-0.4, -0.2) is 54.3 Å². The van der Waals surface area contributed by atoms with E-state index >= 15 is 0 Å². The molecule has 0 fully saturated rings. The molecular formula is C14H23NO5S. The second kappa shape index (κ2) is 7.63. The summed E-state index contributed by atoms with van der Waals surface area (Å²) in [6, 6.07) is 3.16. The first-order valence-corrected chi connectivity index (χ1v) is 8.00. The molecule has 0 heterocycles. The van der Waals surface area contributed by atoms with Crippen molar-refractivity contribution < 1.29 is 22.6 Å².